The molecule has 6 N–H and O–H groups in total. The SMILES string of the molecule is COCCOCCOc1ccc(Cc2cc([C@@H]3O[C@H](CO)[C@@H](O)[C@H](O)[C@H]3O)ccc2Cl)cc1.O=C(O)[C@@H]1CCCN1. The Morgan fingerprint density at radius 2 is 1.76 bits per heavy atom. The number of halogens is 1. The first-order valence-corrected chi connectivity index (χ1v) is 14.0. The van der Waals surface area contributed by atoms with E-state index in [0.29, 0.717) is 43.4 Å². The highest BCUT2D eigenvalue weighted by Crippen LogP contribution is 2.34. The van der Waals surface area contributed by atoms with E-state index in [4.69, 9.17) is 35.7 Å². The first-order valence-electron chi connectivity index (χ1n) is 13.6. The number of ether oxygens (including phenoxy) is 4. The van der Waals surface area contributed by atoms with Crippen molar-refractivity contribution in [2.45, 2.75) is 55.8 Å². The molecule has 2 aromatic rings. The van der Waals surface area contributed by atoms with Crippen LogP contribution in [0, 0.1) is 0 Å². The molecule has 2 aromatic carbocycles. The molecule has 0 radical (unpaired) electrons. The second-order valence-corrected chi connectivity index (χ2v) is 10.3. The molecule has 0 spiro atoms. The van der Waals surface area contributed by atoms with Gasteiger partial charge in [0, 0.05) is 12.1 Å². The van der Waals surface area contributed by atoms with Gasteiger partial charge in [-0.25, -0.2) is 0 Å². The summed E-state index contributed by atoms with van der Waals surface area (Å²) in [5.74, 6) is 0.0118. The summed E-state index contributed by atoms with van der Waals surface area (Å²) >= 11 is 6.40. The summed E-state index contributed by atoms with van der Waals surface area (Å²) in [7, 11) is 1.63. The molecule has 2 aliphatic heterocycles. The van der Waals surface area contributed by atoms with Crippen LogP contribution < -0.4 is 10.1 Å². The Labute approximate surface area is 244 Å². The van der Waals surface area contributed by atoms with E-state index in [9.17, 15) is 25.2 Å². The third-order valence-electron chi connectivity index (χ3n) is 6.90. The molecule has 0 amide bonds. The molecule has 0 saturated carbocycles. The van der Waals surface area contributed by atoms with Gasteiger partial charge in [-0.1, -0.05) is 35.9 Å². The fourth-order valence-corrected chi connectivity index (χ4v) is 4.75. The van der Waals surface area contributed by atoms with Crippen LogP contribution in [0.2, 0.25) is 5.02 Å². The van der Waals surface area contributed by atoms with Gasteiger partial charge in [-0.2, -0.15) is 0 Å². The molecule has 41 heavy (non-hydrogen) atoms. The van der Waals surface area contributed by atoms with E-state index in [-0.39, 0.29) is 6.04 Å². The minimum absolute atomic E-state index is 0.269. The predicted octanol–water partition coefficient (Wildman–Crippen LogP) is 1.31. The highest BCUT2D eigenvalue weighted by molar-refractivity contribution is 6.31. The van der Waals surface area contributed by atoms with Crippen LogP contribution in [0.5, 0.6) is 5.75 Å². The number of hydrogen-bond donors (Lipinski definition) is 6. The molecule has 0 unspecified atom stereocenters. The van der Waals surface area contributed by atoms with Gasteiger partial charge < -0.3 is 49.8 Å². The van der Waals surface area contributed by atoms with Crippen LogP contribution in [0.3, 0.4) is 0 Å². The lowest BCUT2D eigenvalue weighted by Gasteiger charge is -2.40. The van der Waals surface area contributed by atoms with Gasteiger partial charge in [-0.3, -0.25) is 4.79 Å². The van der Waals surface area contributed by atoms with E-state index in [1.165, 1.54) is 0 Å². The number of aliphatic carboxylic acids is 1. The second kappa shape index (κ2) is 17.0. The Hall–Kier alpha value is -2.32. The van der Waals surface area contributed by atoms with Gasteiger partial charge in [0.25, 0.3) is 0 Å². The number of rotatable bonds is 12. The monoisotopic (exact) mass is 597 g/mol. The lowest BCUT2D eigenvalue weighted by atomic mass is 9.90. The van der Waals surface area contributed by atoms with Gasteiger partial charge in [0.2, 0.25) is 0 Å². The number of aliphatic hydroxyl groups is 4. The molecule has 4 rings (SSSR count). The van der Waals surface area contributed by atoms with Crippen LogP contribution in [0.1, 0.15) is 35.6 Å². The van der Waals surface area contributed by atoms with Crippen molar-refractivity contribution in [1.82, 2.24) is 5.32 Å². The largest absolute Gasteiger partial charge is 0.491 e. The van der Waals surface area contributed by atoms with Crippen LogP contribution in [0.15, 0.2) is 42.5 Å². The molecule has 0 bridgehead atoms. The molecule has 0 aromatic heterocycles. The molecule has 2 saturated heterocycles. The summed E-state index contributed by atoms with van der Waals surface area (Å²) in [4.78, 5) is 10.1. The Morgan fingerprint density at radius 1 is 1.02 bits per heavy atom. The number of nitrogens with one attached hydrogen (secondary N) is 1. The van der Waals surface area contributed by atoms with Crippen molar-refractivity contribution in [2.75, 3.05) is 46.7 Å². The van der Waals surface area contributed by atoms with Crippen LogP contribution in [0.25, 0.3) is 0 Å². The number of carboxylic acid groups (broad SMARTS) is 1. The van der Waals surface area contributed by atoms with Crippen LogP contribution in [-0.2, 0) is 25.4 Å². The van der Waals surface area contributed by atoms with E-state index in [1.807, 2.05) is 24.3 Å². The number of hydrogen-bond acceptors (Lipinski definition) is 10. The van der Waals surface area contributed by atoms with Crippen molar-refractivity contribution in [3.8, 4) is 5.75 Å². The Kier molecular flexibility index (Phi) is 13.7. The van der Waals surface area contributed by atoms with E-state index in [2.05, 4.69) is 5.32 Å². The lowest BCUT2D eigenvalue weighted by Crippen LogP contribution is -2.55. The smallest absolute Gasteiger partial charge is 0.320 e. The van der Waals surface area contributed by atoms with Crippen molar-refractivity contribution in [3.05, 3.63) is 64.2 Å². The summed E-state index contributed by atoms with van der Waals surface area (Å²) in [6, 6.07) is 12.6. The summed E-state index contributed by atoms with van der Waals surface area (Å²) in [5, 5.41) is 51.7. The molecular formula is C29H40ClNO10. The van der Waals surface area contributed by atoms with Crippen LogP contribution in [-0.4, -0.2) is 109 Å². The third-order valence-corrected chi connectivity index (χ3v) is 7.26. The van der Waals surface area contributed by atoms with Gasteiger partial charge >= 0.3 is 5.97 Å². The zero-order valence-corrected chi connectivity index (χ0v) is 23.8. The number of carboxylic acids is 1. The summed E-state index contributed by atoms with van der Waals surface area (Å²) < 4.78 is 21.6. The minimum Gasteiger partial charge on any atom is -0.491 e. The van der Waals surface area contributed by atoms with E-state index >= 15 is 0 Å². The van der Waals surface area contributed by atoms with Gasteiger partial charge in [0.1, 0.15) is 48.9 Å². The number of methoxy groups -OCH3 is 1. The molecule has 0 aliphatic carbocycles. The quantitative estimate of drug-likeness (QED) is 0.195. The molecule has 12 heteroatoms. The lowest BCUT2D eigenvalue weighted by molar-refractivity contribution is -0.231. The highest BCUT2D eigenvalue weighted by Gasteiger charge is 2.44. The summed E-state index contributed by atoms with van der Waals surface area (Å²) in [5.41, 5.74) is 2.41. The maximum absolute atomic E-state index is 10.4. The van der Waals surface area contributed by atoms with Crippen molar-refractivity contribution in [2.24, 2.45) is 0 Å². The normalized spacial score (nSPS) is 25.8. The average Bonchev–Trinajstić information content (AvgIpc) is 3.52. The maximum Gasteiger partial charge on any atom is 0.320 e. The number of carbonyl (C=O) groups is 1. The Morgan fingerprint density at radius 3 is 2.37 bits per heavy atom. The molecule has 2 fully saturated rings. The first kappa shape index (κ1) is 33.2. The second-order valence-electron chi connectivity index (χ2n) is 9.86. The van der Waals surface area contributed by atoms with E-state index in [1.54, 1.807) is 25.3 Å². The molecule has 2 aliphatic rings. The third kappa shape index (κ3) is 9.88. The van der Waals surface area contributed by atoms with E-state index < -0.39 is 43.1 Å². The fourth-order valence-electron chi connectivity index (χ4n) is 4.57. The highest BCUT2D eigenvalue weighted by atomic mass is 35.5. The molecule has 6 atom stereocenters. The van der Waals surface area contributed by atoms with Gasteiger partial charge in [0.15, 0.2) is 0 Å². The van der Waals surface area contributed by atoms with Gasteiger partial charge in [-0.05, 0) is 60.7 Å². The van der Waals surface area contributed by atoms with Crippen molar-refractivity contribution in [1.29, 1.82) is 0 Å². The number of aliphatic hydroxyl groups excluding tert-OH is 4. The van der Waals surface area contributed by atoms with E-state index in [0.717, 1.165) is 36.3 Å². The molecular weight excluding hydrogens is 558 g/mol. The standard InChI is InChI=1S/C24H31ClO8.C5H9NO2/c1-30-8-9-31-10-11-32-18-5-2-15(3-6-18)12-17-13-16(4-7-19(17)25)24-23(29)22(28)21(27)20(14-26)33-24;7-5(8)4-2-1-3-6-4/h2-7,13,20-24,26-29H,8-12,14H2,1H3;4,6H,1-3H2,(H,7,8)/t20-,21-,22+,23-,24+;4-/m10/s1. The van der Waals surface area contributed by atoms with Gasteiger partial charge in [0.05, 0.1) is 26.4 Å². The van der Waals surface area contributed by atoms with Gasteiger partial charge in [-0.15, -0.1) is 0 Å². The van der Waals surface area contributed by atoms with Crippen LogP contribution >= 0.6 is 11.6 Å². The van der Waals surface area contributed by atoms with Crippen LogP contribution in [0.4, 0.5) is 0 Å². The average molecular weight is 598 g/mol. The topological polar surface area (TPSA) is 167 Å². The number of benzene rings is 2. The van der Waals surface area contributed by atoms with Crippen molar-refractivity contribution < 1.29 is 49.3 Å². The first-order chi connectivity index (χ1) is 19.7. The maximum atomic E-state index is 10.4. The minimum atomic E-state index is -1.43. The fraction of sp³-hybridized carbons (Fsp3) is 0.552. The van der Waals surface area contributed by atoms with Crippen molar-refractivity contribution in [3.63, 3.8) is 0 Å². The summed E-state index contributed by atoms with van der Waals surface area (Å²) in [6.45, 7) is 2.38. The molecule has 228 valence electrons. The Balaban J connectivity index is 0.000000496. The zero-order chi connectivity index (χ0) is 29.8. The molecule has 11 nitrogen and oxygen atoms in total. The zero-order valence-electron chi connectivity index (χ0n) is 23.0. The predicted molar refractivity (Wildman–Crippen MR) is 150 cm³/mol. The Bertz CT molecular complexity index is 1060. The summed E-state index contributed by atoms with van der Waals surface area (Å²) in [6.07, 6.45) is -3.73. The molecule has 2 heterocycles. The van der Waals surface area contributed by atoms with Crippen molar-refractivity contribution >= 4 is 17.6 Å².